The van der Waals surface area contributed by atoms with Gasteiger partial charge in [0, 0.05) is 5.56 Å². The van der Waals surface area contributed by atoms with Gasteiger partial charge in [0.15, 0.2) is 12.3 Å². The summed E-state index contributed by atoms with van der Waals surface area (Å²) in [5, 5.41) is 15.6. The number of carbonyl (C=O) groups excluding carboxylic acids is 1. The summed E-state index contributed by atoms with van der Waals surface area (Å²) in [5.74, 6) is 0.341. The quantitative estimate of drug-likeness (QED) is 0.651. The van der Waals surface area contributed by atoms with Gasteiger partial charge in [-0.25, -0.2) is 9.78 Å². The van der Waals surface area contributed by atoms with Crippen LogP contribution < -0.4 is 5.32 Å². The second-order valence-corrected chi connectivity index (χ2v) is 6.33. The van der Waals surface area contributed by atoms with Crippen LogP contribution in [0.25, 0.3) is 0 Å². The number of amides is 1. The summed E-state index contributed by atoms with van der Waals surface area (Å²) in [7, 11) is 0. The van der Waals surface area contributed by atoms with E-state index in [2.05, 4.69) is 15.5 Å². The minimum Gasteiger partial charge on any atom is -0.444 e. The topological polar surface area (TPSA) is 96.6 Å². The molecule has 0 atom stereocenters. The van der Waals surface area contributed by atoms with Crippen LogP contribution in [0.2, 0.25) is 0 Å². The fourth-order valence-corrected chi connectivity index (χ4v) is 1.93. The van der Waals surface area contributed by atoms with Gasteiger partial charge in [-0.1, -0.05) is 41.6 Å². The maximum Gasteiger partial charge on any atom is 0.413 e. The maximum absolute atomic E-state index is 11.8. The van der Waals surface area contributed by atoms with E-state index >= 15 is 0 Å². The van der Waals surface area contributed by atoms with Gasteiger partial charge < -0.3 is 9.57 Å². The van der Waals surface area contributed by atoms with Gasteiger partial charge in [0.25, 0.3) is 0 Å². The number of oxime groups is 1. The third-order valence-corrected chi connectivity index (χ3v) is 2.96. The van der Waals surface area contributed by atoms with Gasteiger partial charge in [0.2, 0.25) is 0 Å². The zero-order valence-corrected chi connectivity index (χ0v) is 14.9. The number of ether oxygens (including phenoxy) is 1. The van der Waals surface area contributed by atoms with Crippen LogP contribution in [0, 0.1) is 11.3 Å². The first-order valence-corrected chi connectivity index (χ1v) is 7.99. The Morgan fingerprint density at radius 1 is 1.19 bits per heavy atom. The van der Waals surface area contributed by atoms with Gasteiger partial charge in [0.05, 0.1) is 5.69 Å². The van der Waals surface area contributed by atoms with Crippen molar-refractivity contribution in [3.8, 4) is 6.07 Å². The van der Waals surface area contributed by atoms with Crippen LogP contribution in [-0.2, 0) is 16.2 Å². The molecule has 0 spiro atoms. The van der Waals surface area contributed by atoms with Gasteiger partial charge in [-0.2, -0.15) is 5.26 Å². The van der Waals surface area contributed by atoms with Crippen molar-refractivity contribution >= 4 is 17.6 Å². The Morgan fingerprint density at radius 2 is 1.92 bits per heavy atom. The van der Waals surface area contributed by atoms with Crippen molar-refractivity contribution in [2.24, 2.45) is 5.16 Å². The summed E-state index contributed by atoms with van der Waals surface area (Å²) in [4.78, 5) is 21.3. The van der Waals surface area contributed by atoms with E-state index < -0.39 is 11.7 Å². The molecule has 0 saturated carbocycles. The highest BCUT2D eigenvalue weighted by atomic mass is 16.6. The van der Waals surface area contributed by atoms with Crippen molar-refractivity contribution in [1.29, 1.82) is 5.26 Å². The highest BCUT2D eigenvalue weighted by Crippen LogP contribution is 2.11. The molecule has 26 heavy (non-hydrogen) atoms. The average Bonchev–Trinajstić information content (AvgIpc) is 2.58. The molecule has 1 aromatic heterocycles. The molecule has 0 aliphatic rings. The molecule has 0 radical (unpaired) electrons. The van der Waals surface area contributed by atoms with Crippen molar-refractivity contribution in [1.82, 2.24) is 4.98 Å². The molecule has 1 aromatic carbocycles. The van der Waals surface area contributed by atoms with Crippen molar-refractivity contribution in [3.63, 3.8) is 0 Å². The lowest BCUT2D eigenvalue weighted by atomic mass is 10.1. The Balaban J connectivity index is 1.97. The van der Waals surface area contributed by atoms with Gasteiger partial charge in [-0.05, 0) is 32.9 Å². The number of hydrogen-bond donors (Lipinski definition) is 1. The van der Waals surface area contributed by atoms with Crippen molar-refractivity contribution < 1.29 is 14.4 Å². The average molecular weight is 352 g/mol. The van der Waals surface area contributed by atoms with Gasteiger partial charge in [-0.3, -0.25) is 5.32 Å². The number of benzene rings is 1. The Labute approximate surface area is 152 Å². The molecule has 0 unspecified atom stereocenters. The molecule has 0 bridgehead atoms. The largest absolute Gasteiger partial charge is 0.444 e. The summed E-state index contributed by atoms with van der Waals surface area (Å²) in [6, 6.07) is 16.1. The third kappa shape index (κ3) is 6.24. The monoisotopic (exact) mass is 352 g/mol. The number of carbonyl (C=O) groups is 1. The molecule has 2 aromatic rings. The van der Waals surface area contributed by atoms with Crippen LogP contribution in [0.15, 0.2) is 53.7 Å². The number of anilines is 1. The van der Waals surface area contributed by atoms with E-state index in [-0.39, 0.29) is 12.3 Å². The van der Waals surface area contributed by atoms with Gasteiger partial charge in [-0.15, -0.1) is 0 Å². The number of nitrogens with zero attached hydrogens (tertiary/aromatic N) is 3. The number of rotatable bonds is 5. The summed E-state index contributed by atoms with van der Waals surface area (Å²) < 4.78 is 5.18. The first-order chi connectivity index (χ1) is 12.4. The highest BCUT2D eigenvalue weighted by Gasteiger charge is 2.16. The first-order valence-electron chi connectivity index (χ1n) is 7.99. The Kier molecular flexibility index (Phi) is 6.28. The Bertz CT molecular complexity index is 821. The van der Waals surface area contributed by atoms with Crippen LogP contribution >= 0.6 is 0 Å². The molecule has 1 amide bonds. The predicted octanol–water partition coefficient (Wildman–Crippen LogP) is 3.87. The zero-order chi connectivity index (χ0) is 19.0. The van der Waals surface area contributed by atoms with E-state index in [0.717, 1.165) is 0 Å². The SMILES string of the molecule is CC(C)(C)OC(=O)Nc1cccc(CO/N=C(/C#N)c2ccccc2)n1. The second-order valence-electron chi connectivity index (χ2n) is 6.33. The number of hydrogen-bond acceptors (Lipinski definition) is 6. The molecule has 0 aliphatic heterocycles. The summed E-state index contributed by atoms with van der Waals surface area (Å²) in [5.41, 5.74) is 0.801. The molecule has 0 fully saturated rings. The number of aromatic nitrogens is 1. The molecular weight excluding hydrogens is 332 g/mol. The van der Waals surface area contributed by atoms with Crippen molar-refractivity contribution in [3.05, 3.63) is 59.8 Å². The lowest BCUT2D eigenvalue weighted by Gasteiger charge is -2.19. The van der Waals surface area contributed by atoms with E-state index in [4.69, 9.17) is 9.57 Å². The molecule has 7 nitrogen and oxygen atoms in total. The van der Waals surface area contributed by atoms with Crippen molar-refractivity contribution in [2.45, 2.75) is 33.0 Å². The fourth-order valence-electron chi connectivity index (χ4n) is 1.93. The normalized spacial score (nSPS) is 11.4. The number of nitriles is 1. The van der Waals surface area contributed by atoms with Crippen LogP contribution in [-0.4, -0.2) is 22.4 Å². The standard InChI is InChI=1S/C19H20N4O3/c1-19(2,3)26-18(24)22-17-11-7-10-15(21-17)13-25-23-16(12-20)14-8-5-4-6-9-14/h4-11H,13H2,1-3H3,(H,21,22,24)/b23-16-. The molecule has 0 saturated heterocycles. The van der Waals surface area contributed by atoms with Crippen LogP contribution in [0.1, 0.15) is 32.0 Å². The van der Waals surface area contributed by atoms with E-state index in [1.165, 1.54) is 0 Å². The molecule has 2 rings (SSSR count). The maximum atomic E-state index is 11.8. The van der Waals surface area contributed by atoms with Crippen molar-refractivity contribution in [2.75, 3.05) is 5.32 Å². The summed E-state index contributed by atoms with van der Waals surface area (Å²) >= 11 is 0. The predicted molar refractivity (Wildman–Crippen MR) is 97.5 cm³/mol. The minimum absolute atomic E-state index is 0.0574. The summed E-state index contributed by atoms with van der Waals surface area (Å²) in [6.07, 6.45) is -0.586. The molecule has 1 N–H and O–H groups in total. The Morgan fingerprint density at radius 3 is 2.58 bits per heavy atom. The lowest BCUT2D eigenvalue weighted by molar-refractivity contribution is 0.0635. The van der Waals surface area contributed by atoms with E-state index in [0.29, 0.717) is 17.1 Å². The van der Waals surface area contributed by atoms with E-state index in [9.17, 15) is 10.1 Å². The number of pyridine rings is 1. The lowest BCUT2D eigenvalue weighted by Crippen LogP contribution is -2.27. The minimum atomic E-state index is -0.593. The van der Waals surface area contributed by atoms with Crippen LogP contribution in [0.3, 0.4) is 0 Å². The molecule has 0 aliphatic carbocycles. The zero-order valence-electron chi connectivity index (χ0n) is 14.9. The smallest absolute Gasteiger partial charge is 0.413 e. The highest BCUT2D eigenvalue weighted by molar-refractivity contribution is 6.11. The summed E-state index contributed by atoms with van der Waals surface area (Å²) in [6.45, 7) is 5.40. The van der Waals surface area contributed by atoms with Crippen LogP contribution in [0.4, 0.5) is 10.6 Å². The van der Waals surface area contributed by atoms with E-state index in [1.807, 2.05) is 24.3 Å². The Hall–Kier alpha value is -3.40. The van der Waals surface area contributed by atoms with Crippen LogP contribution in [0.5, 0.6) is 0 Å². The molecular formula is C19H20N4O3. The number of nitrogens with one attached hydrogen (secondary N) is 1. The second kappa shape index (κ2) is 8.62. The third-order valence-electron chi connectivity index (χ3n) is 2.96. The van der Waals surface area contributed by atoms with Gasteiger partial charge in [0.1, 0.15) is 17.5 Å². The molecule has 1 heterocycles. The van der Waals surface area contributed by atoms with E-state index in [1.54, 1.807) is 51.1 Å². The molecule has 134 valence electrons. The molecule has 7 heteroatoms. The fraction of sp³-hybridized carbons (Fsp3) is 0.263. The van der Waals surface area contributed by atoms with Gasteiger partial charge >= 0.3 is 6.09 Å². The first kappa shape index (κ1) is 18.9.